The number of likely N-dealkylation sites (tertiary alicyclic amines) is 1. The Labute approximate surface area is 162 Å². The summed E-state index contributed by atoms with van der Waals surface area (Å²) in [7, 11) is 5.18. The quantitative estimate of drug-likeness (QED) is 0.771. The fraction of sp³-hybridized carbons (Fsp3) is 0.389. The number of aromatic nitrogens is 1. The van der Waals surface area contributed by atoms with Crippen LogP contribution in [0.5, 0.6) is 0 Å². The van der Waals surface area contributed by atoms with Crippen LogP contribution < -0.4 is 16.1 Å². The predicted octanol–water partition coefficient (Wildman–Crippen LogP) is 1.95. The molecule has 1 saturated heterocycles. The third-order valence-electron chi connectivity index (χ3n) is 4.58. The Hall–Kier alpha value is -1.35. The van der Waals surface area contributed by atoms with E-state index < -0.39 is 0 Å². The fourth-order valence-electron chi connectivity index (χ4n) is 3.04. The molecule has 1 N–H and O–H groups in total. The molecule has 0 radical (unpaired) electrons. The Balaban J connectivity index is 1.43. The number of nitrogens with one attached hydrogen (secondary N) is 1. The standard InChI is InChI=1S/C18H23N3O2P2S/c22-16(6-3-12-1-4-14(24)5-2-12)21-9-7-13(8-10-21)17(23)20-18-19-15(25)11-26-18/h1-2,4-5,11,13H,3,6-10,24-25H2,(H,19,20,23). The van der Waals surface area contributed by atoms with E-state index in [4.69, 9.17) is 0 Å². The van der Waals surface area contributed by atoms with E-state index in [0.29, 0.717) is 37.5 Å². The molecular weight excluding hydrogens is 384 g/mol. The van der Waals surface area contributed by atoms with Gasteiger partial charge in [-0.05, 0) is 30.1 Å². The van der Waals surface area contributed by atoms with Crippen LogP contribution in [0.25, 0.3) is 0 Å². The highest BCUT2D eigenvalue weighted by Gasteiger charge is 2.27. The minimum Gasteiger partial charge on any atom is -0.343 e. The van der Waals surface area contributed by atoms with Crippen molar-refractivity contribution in [1.29, 1.82) is 0 Å². The van der Waals surface area contributed by atoms with Crippen LogP contribution in [-0.2, 0) is 16.0 Å². The number of benzene rings is 1. The lowest BCUT2D eigenvalue weighted by Gasteiger charge is -2.31. The minimum atomic E-state index is -0.0505. The van der Waals surface area contributed by atoms with Gasteiger partial charge in [0.1, 0.15) is 0 Å². The molecule has 1 aliphatic heterocycles. The van der Waals surface area contributed by atoms with Crippen molar-refractivity contribution in [2.75, 3.05) is 18.4 Å². The Bertz CT molecular complexity index is 771. The van der Waals surface area contributed by atoms with Gasteiger partial charge in [0.15, 0.2) is 5.13 Å². The number of nitrogens with zero attached hydrogens (tertiary/aromatic N) is 2. The second-order valence-corrected chi connectivity index (χ2v) is 8.58. The Kier molecular flexibility index (Phi) is 6.74. The topological polar surface area (TPSA) is 62.3 Å². The van der Waals surface area contributed by atoms with Gasteiger partial charge in [0, 0.05) is 30.8 Å². The van der Waals surface area contributed by atoms with E-state index in [-0.39, 0.29) is 17.7 Å². The molecule has 1 aromatic carbocycles. The SMILES string of the molecule is O=C(Nc1nc(P)cs1)C1CCN(C(=O)CCc2ccc(P)cc2)CC1. The summed E-state index contributed by atoms with van der Waals surface area (Å²) in [5.74, 6) is 0.130. The van der Waals surface area contributed by atoms with E-state index in [0.717, 1.165) is 17.2 Å². The van der Waals surface area contributed by atoms with Gasteiger partial charge in [0.2, 0.25) is 11.8 Å². The first-order valence-corrected chi connectivity index (χ1v) is 10.7. The molecule has 5 nitrogen and oxygen atoms in total. The Morgan fingerprint density at radius 3 is 2.50 bits per heavy atom. The lowest BCUT2D eigenvalue weighted by molar-refractivity contribution is -0.134. The average Bonchev–Trinajstić information content (AvgIpc) is 3.06. The number of piperidine rings is 1. The second-order valence-electron chi connectivity index (χ2n) is 6.46. The van der Waals surface area contributed by atoms with Gasteiger partial charge < -0.3 is 10.2 Å². The molecule has 2 heterocycles. The van der Waals surface area contributed by atoms with Gasteiger partial charge in [-0.15, -0.1) is 20.6 Å². The molecule has 0 aliphatic carbocycles. The van der Waals surface area contributed by atoms with Crippen LogP contribution in [0.15, 0.2) is 29.6 Å². The number of carbonyl (C=O) groups excluding carboxylic acids is 2. The summed E-state index contributed by atoms with van der Waals surface area (Å²) >= 11 is 1.42. The van der Waals surface area contributed by atoms with Crippen molar-refractivity contribution in [3.63, 3.8) is 0 Å². The number of anilines is 1. The number of hydrogen-bond donors (Lipinski definition) is 1. The number of thiazole rings is 1. The Morgan fingerprint density at radius 2 is 1.88 bits per heavy atom. The smallest absolute Gasteiger partial charge is 0.229 e. The summed E-state index contributed by atoms with van der Waals surface area (Å²) in [5.41, 5.74) is 2.01. The van der Waals surface area contributed by atoms with E-state index >= 15 is 0 Å². The summed E-state index contributed by atoms with van der Waals surface area (Å²) in [6.45, 7) is 1.29. The van der Waals surface area contributed by atoms with Gasteiger partial charge in [-0.2, -0.15) is 0 Å². The molecule has 0 bridgehead atoms. The maximum absolute atomic E-state index is 12.4. The summed E-state index contributed by atoms with van der Waals surface area (Å²) in [4.78, 5) is 30.9. The van der Waals surface area contributed by atoms with Gasteiger partial charge in [-0.1, -0.05) is 33.5 Å². The largest absolute Gasteiger partial charge is 0.343 e. The molecule has 26 heavy (non-hydrogen) atoms. The third kappa shape index (κ3) is 5.33. The van der Waals surface area contributed by atoms with Crippen molar-refractivity contribution < 1.29 is 9.59 Å². The summed E-state index contributed by atoms with van der Waals surface area (Å²) in [5, 5.41) is 6.54. The van der Waals surface area contributed by atoms with Gasteiger partial charge in [0.25, 0.3) is 0 Å². The number of hydrogen-bond acceptors (Lipinski definition) is 4. The zero-order valence-electron chi connectivity index (χ0n) is 14.5. The van der Waals surface area contributed by atoms with Crippen LogP contribution in [0.3, 0.4) is 0 Å². The van der Waals surface area contributed by atoms with Crippen LogP contribution in [0.4, 0.5) is 5.13 Å². The molecule has 1 fully saturated rings. The molecule has 1 aliphatic rings. The number of carbonyl (C=O) groups is 2. The van der Waals surface area contributed by atoms with Gasteiger partial charge in [0.05, 0.1) is 5.44 Å². The van der Waals surface area contributed by atoms with E-state index in [1.165, 1.54) is 16.9 Å². The molecule has 2 atom stereocenters. The average molecular weight is 407 g/mol. The number of rotatable bonds is 5. The maximum Gasteiger partial charge on any atom is 0.229 e. The molecule has 3 rings (SSSR count). The predicted molar refractivity (Wildman–Crippen MR) is 113 cm³/mol. The first-order valence-electron chi connectivity index (χ1n) is 8.65. The van der Waals surface area contributed by atoms with Crippen molar-refractivity contribution >= 4 is 57.5 Å². The first kappa shape index (κ1) is 19.4. The van der Waals surface area contributed by atoms with Crippen molar-refractivity contribution in [2.24, 2.45) is 5.92 Å². The van der Waals surface area contributed by atoms with Crippen molar-refractivity contribution in [3.05, 3.63) is 35.2 Å². The molecule has 2 unspecified atom stereocenters. The van der Waals surface area contributed by atoms with Crippen molar-refractivity contribution in [2.45, 2.75) is 25.7 Å². The van der Waals surface area contributed by atoms with Crippen molar-refractivity contribution in [1.82, 2.24) is 9.88 Å². The normalized spacial score (nSPS) is 15.1. The molecular formula is C18H23N3O2P2S. The van der Waals surface area contributed by atoms with Gasteiger partial charge >= 0.3 is 0 Å². The number of amides is 2. The molecule has 8 heteroatoms. The zero-order chi connectivity index (χ0) is 18.5. The second kappa shape index (κ2) is 9.03. The van der Waals surface area contributed by atoms with Gasteiger partial charge in [-0.3, -0.25) is 9.59 Å². The lowest BCUT2D eigenvalue weighted by atomic mass is 9.95. The monoisotopic (exact) mass is 407 g/mol. The maximum atomic E-state index is 12.4. The van der Waals surface area contributed by atoms with Crippen LogP contribution >= 0.6 is 29.8 Å². The zero-order valence-corrected chi connectivity index (χ0v) is 17.6. The molecule has 2 amide bonds. The highest BCUT2D eigenvalue weighted by Crippen LogP contribution is 2.21. The van der Waals surface area contributed by atoms with E-state index in [9.17, 15) is 9.59 Å². The third-order valence-corrected chi connectivity index (χ3v) is 6.28. The summed E-state index contributed by atoms with van der Waals surface area (Å²) < 4.78 is 0. The van der Waals surface area contributed by atoms with Crippen LogP contribution in [0, 0.1) is 5.92 Å². The van der Waals surface area contributed by atoms with Crippen LogP contribution in [0.1, 0.15) is 24.8 Å². The summed E-state index contributed by atoms with van der Waals surface area (Å²) in [6, 6.07) is 8.20. The fourth-order valence-corrected chi connectivity index (χ4v) is 4.26. The van der Waals surface area contributed by atoms with Crippen molar-refractivity contribution in [3.8, 4) is 0 Å². The first-order chi connectivity index (χ1) is 12.5. The van der Waals surface area contributed by atoms with E-state index in [1.807, 2.05) is 22.4 Å². The molecule has 2 aromatic rings. The lowest BCUT2D eigenvalue weighted by Crippen LogP contribution is -2.41. The highest BCUT2D eigenvalue weighted by atomic mass is 32.1. The van der Waals surface area contributed by atoms with Gasteiger partial charge in [-0.25, -0.2) is 4.98 Å². The number of aryl methyl sites for hydroxylation is 1. The van der Waals surface area contributed by atoms with E-state index in [1.54, 1.807) is 0 Å². The van der Waals surface area contributed by atoms with Crippen LogP contribution in [0.2, 0.25) is 0 Å². The van der Waals surface area contributed by atoms with Crippen LogP contribution in [-0.4, -0.2) is 34.8 Å². The molecule has 0 spiro atoms. The molecule has 138 valence electrons. The molecule has 0 saturated carbocycles. The molecule has 1 aromatic heterocycles. The minimum absolute atomic E-state index is 0.00831. The highest BCUT2D eigenvalue weighted by molar-refractivity contribution is 7.29. The summed E-state index contributed by atoms with van der Waals surface area (Å²) in [6.07, 6.45) is 2.69. The Morgan fingerprint density at radius 1 is 1.19 bits per heavy atom. The van der Waals surface area contributed by atoms with E-state index in [2.05, 4.69) is 40.9 Å².